The summed E-state index contributed by atoms with van der Waals surface area (Å²) in [5.41, 5.74) is 8.70. The number of amides is 1. The second-order valence-electron chi connectivity index (χ2n) is 4.59. The van der Waals surface area contributed by atoms with E-state index < -0.39 is 0 Å². The molecule has 1 saturated heterocycles. The molecular formula is C9H19N3O. The molecule has 0 aromatic rings. The highest BCUT2D eigenvalue weighted by molar-refractivity contribution is 5.78. The lowest BCUT2D eigenvalue weighted by atomic mass is 9.86. The van der Waals surface area contributed by atoms with Crippen LogP contribution in [0.5, 0.6) is 0 Å². The van der Waals surface area contributed by atoms with Gasteiger partial charge in [-0.05, 0) is 5.41 Å². The SMILES string of the molecule is CC(C)(C)C1CC(=O)N(CCN)N1. The highest BCUT2D eigenvalue weighted by Gasteiger charge is 2.35. The van der Waals surface area contributed by atoms with E-state index >= 15 is 0 Å². The number of nitrogens with one attached hydrogen (secondary N) is 1. The van der Waals surface area contributed by atoms with Crippen molar-refractivity contribution < 1.29 is 4.79 Å². The van der Waals surface area contributed by atoms with Gasteiger partial charge in [-0.3, -0.25) is 9.80 Å². The first-order valence-corrected chi connectivity index (χ1v) is 4.71. The largest absolute Gasteiger partial charge is 0.329 e. The minimum Gasteiger partial charge on any atom is -0.329 e. The molecule has 0 saturated carbocycles. The zero-order valence-corrected chi connectivity index (χ0v) is 8.63. The quantitative estimate of drug-likeness (QED) is 0.641. The zero-order chi connectivity index (χ0) is 10.1. The Morgan fingerprint density at radius 2 is 2.23 bits per heavy atom. The molecule has 0 aromatic carbocycles. The number of hydrogen-bond donors (Lipinski definition) is 2. The normalized spacial score (nSPS) is 24.2. The molecule has 0 radical (unpaired) electrons. The van der Waals surface area contributed by atoms with Crippen LogP contribution in [0.4, 0.5) is 0 Å². The van der Waals surface area contributed by atoms with Crippen LogP contribution in [0.1, 0.15) is 27.2 Å². The van der Waals surface area contributed by atoms with Crippen LogP contribution in [-0.2, 0) is 4.79 Å². The molecule has 1 fully saturated rings. The van der Waals surface area contributed by atoms with Crippen molar-refractivity contribution in [2.24, 2.45) is 11.1 Å². The molecule has 0 spiro atoms. The van der Waals surface area contributed by atoms with Crippen molar-refractivity contribution in [3.8, 4) is 0 Å². The molecular weight excluding hydrogens is 166 g/mol. The highest BCUT2D eigenvalue weighted by atomic mass is 16.2. The molecule has 1 amide bonds. The molecule has 1 unspecified atom stereocenters. The van der Waals surface area contributed by atoms with E-state index in [1.165, 1.54) is 0 Å². The summed E-state index contributed by atoms with van der Waals surface area (Å²) < 4.78 is 0. The van der Waals surface area contributed by atoms with Crippen molar-refractivity contribution in [3.63, 3.8) is 0 Å². The molecule has 1 aliphatic rings. The second kappa shape index (κ2) is 3.64. The number of carbonyl (C=O) groups is 1. The standard InChI is InChI=1S/C9H19N3O/c1-9(2,3)7-6-8(13)12(11-7)5-4-10/h7,11H,4-6,10H2,1-3H3. The molecule has 4 nitrogen and oxygen atoms in total. The van der Waals surface area contributed by atoms with Gasteiger partial charge in [-0.1, -0.05) is 20.8 Å². The predicted molar refractivity (Wildman–Crippen MR) is 51.8 cm³/mol. The Morgan fingerprint density at radius 3 is 2.62 bits per heavy atom. The minimum absolute atomic E-state index is 0.124. The third kappa shape index (κ3) is 2.42. The van der Waals surface area contributed by atoms with Gasteiger partial charge in [0.15, 0.2) is 0 Å². The Bertz CT molecular complexity index is 198. The summed E-state index contributed by atoms with van der Waals surface area (Å²) in [5.74, 6) is 0.158. The number of nitrogens with two attached hydrogens (primary N) is 1. The first kappa shape index (κ1) is 10.5. The lowest BCUT2D eigenvalue weighted by Crippen LogP contribution is -2.44. The zero-order valence-electron chi connectivity index (χ0n) is 8.63. The van der Waals surface area contributed by atoms with Gasteiger partial charge in [0.25, 0.3) is 0 Å². The van der Waals surface area contributed by atoms with Gasteiger partial charge in [-0.15, -0.1) is 0 Å². The molecule has 0 aromatic heterocycles. The van der Waals surface area contributed by atoms with Crippen LogP contribution in [0, 0.1) is 5.41 Å². The number of hydrazine groups is 1. The topological polar surface area (TPSA) is 58.4 Å². The van der Waals surface area contributed by atoms with E-state index in [1.807, 2.05) is 0 Å². The molecule has 4 heteroatoms. The summed E-state index contributed by atoms with van der Waals surface area (Å²) in [5, 5.41) is 1.63. The highest BCUT2D eigenvalue weighted by Crippen LogP contribution is 2.25. The van der Waals surface area contributed by atoms with Crippen LogP contribution in [0.2, 0.25) is 0 Å². The fourth-order valence-electron chi connectivity index (χ4n) is 1.41. The van der Waals surface area contributed by atoms with Gasteiger partial charge in [0, 0.05) is 25.6 Å². The Morgan fingerprint density at radius 1 is 1.62 bits per heavy atom. The molecule has 13 heavy (non-hydrogen) atoms. The second-order valence-corrected chi connectivity index (χ2v) is 4.59. The van der Waals surface area contributed by atoms with E-state index in [2.05, 4.69) is 26.2 Å². The lowest BCUT2D eigenvalue weighted by molar-refractivity contribution is -0.129. The fourth-order valence-corrected chi connectivity index (χ4v) is 1.41. The van der Waals surface area contributed by atoms with Crippen LogP contribution in [0.3, 0.4) is 0 Å². The molecule has 1 aliphatic heterocycles. The summed E-state index contributed by atoms with van der Waals surface area (Å²) in [6, 6.07) is 0.242. The summed E-state index contributed by atoms with van der Waals surface area (Å²) in [4.78, 5) is 11.4. The predicted octanol–water partition coefficient (Wildman–Crippen LogP) is 0.0967. The summed E-state index contributed by atoms with van der Waals surface area (Å²) in [6.07, 6.45) is 0.587. The monoisotopic (exact) mass is 185 g/mol. The van der Waals surface area contributed by atoms with Crippen LogP contribution in [0.25, 0.3) is 0 Å². The van der Waals surface area contributed by atoms with Gasteiger partial charge in [0.2, 0.25) is 5.91 Å². The molecule has 0 aliphatic carbocycles. The van der Waals surface area contributed by atoms with Gasteiger partial charge in [0.1, 0.15) is 0 Å². The first-order chi connectivity index (χ1) is 5.95. The van der Waals surface area contributed by atoms with Crippen molar-refractivity contribution in [1.82, 2.24) is 10.4 Å². The van der Waals surface area contributed by atoms with E-state index in [4.69, 9.17) is 5.73 Å². The van der Waals surface area contributed by atoms with Crippen molar-refractivity contribution in [2.45, 2.75) is 33.2 Å². The Balaban J connectivity index is 2.55. The van der Waals surface area contributed by atoms with Gasteiger partial charge in [-0.25, -0.2) is 5.43 Å². The maximum Gasteiger partial charge on any atom is 0.238 e. The maximum atomic E-state index is 11.4. The van der Waals surface area contributed by atoms with Gasteiger partial charge < -0.3 is 5.73 Å². The Labute approximate surface area is 79.4 Å². The number of nitrogens with zero attached hydrogens (tertiary/aromatic N) is 1. The third-order valence-electron chi connectivity index (χ3n) is 2.39. The van der Waals surface area contributed by atoms with E-state index in [-0.39, 0.29) is 17.4 Å². The fraction of sp³-hybridized carbons (Fsp3) is 0.889. The number of rotatable bonds is 2. The van der Waals surface area contributed by atoms with Crippen molar-refractivity contribution >= 4 is 5.91 Å². The number of hydrogen-bond acceptors (Lipinski definition) is 3. The Kier molecular flexibility index (Phi) is 2.93. The van der Waals surface area contributed by atoms with Crippen LogP contribution >= 0.6 is 0 Å². The molecule has 0 bridgehead atoms. The van der Waals surface area contributed by atoms with E-state index in [9.17, 15) is 4.79 Å². The van der Waals surface area contributed by atoms with Crippen LogP contribution in [0.15, 0.2) is 0 Å². The molecule has 1 heterocycles. The van der Waals surface area contributed by atoms with Gasteiger partial charge >= 0.3 is 0 Å². The molecule has 3 N–H and O–H groups in total. The van der Waals surface area contributed by atoms with Gasteiger partial charge in [-0.2, -0.15) is 0 Å². The van der Waals surface area contributed by atoms with Crippen LogP contribution < -0.4 is 11.2 Å². The van der Waals surface area contributed by atoms with Crippen LogP contribution in [-0.4, -0.2) is 30.0 Å². The number of carbonyl (C=O) groups excluding carboxylic acids is 1. The minimum atomic E-state index is 0.124. The summed E-state index contributed by atoms with van der Waals surface area (Å²) >= 11 is 0. The lowest BCUT2D eigenvalue weighted by Gasteiger charge is -2.27. The van der Waals surface area contributed by atoms with E-state index in [0.717, 1.165) is 0 Å². The summed E-state index contributed by atoms with van der Waals surface area (Å²) in [7, 11) is 0. The first-order valence-electron chi connectivity index (χ1n) is 4.71. The van der Waals surface area contributed by atoms with Crippen molar-refractivity contribution in [3.05, 3.63) is 0 Å². The summed E-state index contributed by atoms with van der Waals surface area (Å²) in [6.45, 7) is 7.50. The average molecular weight is 185 g/mol. The van der Waals surface area contributed by atoms with Gasteiger partial charge in [0.05, 0.1) is 0 Å². The van der Waals surface area contributed by atoms with Crippen molar-refractivity contribution in [1.29, 1.82) is 0 Å². The van der Waals surface area contributed by atoms with Crippen molar-refractivity contribution in [2.75, 3.05) is 13.1 Å². The molecule has 1 rings (SSSR count). The maximum absolute atomic E-state index is 11.4. The van der Waals surface area contributed by atoms with E-state index in [1.54, 1.807) is 5.01 Å². The molecule has 76 valence electrons. The average Bonchev–Trinajstić information content (AvgIpc) is 2.32. The van der Waals surface area contributed by atoms with E-state index in [0.29, 0.717) is 19.5 Å². The third-order valence-corrected chi connectivity index (χ3v) is 2.39. The Hall–Kier alpha value is -0.610. The smallest absolute Gasteiger partial charge is 0.238 e. The molecule has 1 atom stereocenters.